The van der Waals surface area contributed by atoms with Crippen molar-refractivity contribution in [1.82, 2.24) is 9.88 Å². The third-order valence-corrected chi connectivity index (χ3v) is 4.01. The second-order valence-corrected chi connectivity index (χ2v) is 5.71. The third-order valence-electron chi connectivity index (χ3n) is 4.01. The van der Waals surface area contributed by atoms with Crippen LogP contribution in [0.4, 0.5) is 0 Å². The molecule has 1 aromatic carbocycles. The number of ether oxygens (including phenoxy) is 1. The van der Waals surface area contributed by atoms with Crippen LogP contribution in [0.2, 0.25) is 0 Å². The Morgan fingerprint density at radius 1 is 1.30 bits per heavy atom. The van der Waals surface area contributed by atoms with Crippen molar-refractivity contribution in [2.24, 2.45) is 5.73 Å². The first-order valence-electron chi connectivity index (χ1n) is 7.92. The molecule has 1 saturated heterocycles. The van der Waals surface area contributed by atoms with Crippen molar-refractivity contribution in [3.8, 4) is 5.88 Å². The number of pyridine rings is 1. The summed E-state index contributed by atoms with van der Waals surface area (Å²) in [6, 6.07) is 13.1. The largest absolute Gasteiger partial charge is 0.472 e. The van der Waals surface area contributed by atoms with E-state index in [0.29, 0.717) is 19.0 Å². The number of benzene rings is 1. The van der Waals surface area contributed by atoms with Gasteiger partial charge in [-0.2, -0.15) is 0 Å². The van der Waals surface area contributed by atoms with Gasteiger partial charge in [-0.05, 0) is 36.6 Å². The topological polar surface area (TPSA) is 68.5 Å². The second-order valence-electron chi connectivity index (χ2n) is 5.71. The molecule has 1 fully saturated rings. The molecule has 1 aromatic heterocycles. The molecule has 23 heavy (non-hydrogen) atoms. The van der Waals surface area contributed by atoms with Crippen molar-refractivity contribution in [2.75, 3.05) is 13.1 Å². The number of hydrogen-bond donors (Lipinski definition) is 1. The second kappa shape index (κ2) is 7.24. The summed E-state index contributed by atoms with van der Waals surface area (Å²) in [4.78, 5) is 18.6. The summed E-state index contributed by atoms with van der Waals surface area (Å²) in [5.74, 6) is 0.634. The Morgan fingerprint density at radius 3 is 2.91 bits per heavy atom. The highest BCUT2D eigenvalue weighted by molar-refractivity contribution is 5.94. The molecule has 2 aromatic rings. The molecule has 1 aliphatic rings. The molecule has 2 N–H and O–H groups in total. The molecule has 120 valence electrons. The summed E-state index contributed by atoms with van der Waals surface area (Å²) in [5.41, 5.74) is 7.35. The number of carbonyl (C=O) groups is 1. The molecule has 1 aliphatic heterocycles. The van der Waals surface area contributed by atoms with Gasteiger partial charge in [0.05, 0.1) is 6.54 Å². The Balaban J connectivity index is 1.65. The summed E-state index contributed by atoms with van der Waals surface area (Å²) in [5, 5.41) is 0. The Hall–Kier alpha value is -2.40. The highest BCUT2D eigenvalue weighted by atomic mass is 16.5. The molecule has 0 aliphatic carbocycles. The van der Waals surface area contributed by atoms with E-state index in [-0.39, 0.29) is 12.0 Å². The van der Waals surface area contributed by atoms with Crippen LogP contribution in [0, 0.1) is 0 Å². The van der Waals surface area contributed by atoms with Gasteiger partial charge in [0.15, 0.2) is 0 Å². The number of amides is 1. The fourth-order valence-corrected chi connectivity index (χ4v) is 2.79. The highest BCUT2D eigenvalue weighted by Crippen LogP contribution is 2.19. The van der Waals surface area contributed by atoms with E-state index in [0.717, 1.165) is 30.5 Å². The van der Waals surface area contributed by atoms with E-state index in [1.54, 1.807) is 6.20 Å². The van der Waals surface area contributed by atoms with Crippen molar-refractivity contribution >= 4 is 5.91 Å². The average molecular weight is 311 g/mol. The lowest BCUT2D eigenvalue weighted by atomic mass is 10.1. The summed E-state index contributed by atoms with van der Waals surface area (Å²) in [6.07, 6.45) is 3.53. The van der Waals surface area contributed by atoms with Crippen LogP contribution in [0.3, 0.4) is 0 Å². The maximum Gasteiger partial charge on any atom is 0.253 e. The van der Waals surface area contributed by atoms with Crippen LogP contribution in [-0.2, 0) is 6.54 Å². The fourth-order valence-electron chi connectivity index (χ4n) is 2.79. The van der Waals surface area contributed by atoms with E-state index in [2.05, 4.69) is 4.98 Å². The molecule has 1 atom stereocenters. The zero-order valence-electron chi connectivity index (χ0n) is 13.0. The Labute approximate surface area is 136 Å². The van der Waals surface area contributed by atoms with Gasteiger partial charge >= 0.3 is 0 Å². The lowest BCUT2D eigenvalue weighted by molar-refractivity contribution is 0.0527. The maximum atomic E-state index is 12.5. The first-order valence-corrected chi connectivity index (χ1v) is 7.92. The normalized spacial score (nSPS) is 17.8. The van der Waals surface area contributed by atoms with Crippen LogP contribution < -0.4 is 10.5 Å². The number of piperidine rings is 1. The molecular formula is C18H21N3O2. The molecule has 5 heteroatoms. The average Bonchev–Trinajstić information content (AvgIpc) is 2.62. The number of rotatable bonds is 4. The minimum Gasteiger partial charge on any atom is -0.472 e. The smallest absolute Gasteiger partial charge is 0.253 e. The van der Waals surface area contributed by atoms with Gasteiger partial charge in [0, 0.05) is 30.9 Å². The van der Waals surface area contributed by atoms with Gasteiger partial charge in [-0.25, -0.2) is 4.98 Å². The van der Waals surface area contributed by atoms with E-state index in [1.807, 2.05) is 47.4 Å². The Bertz CT molecular complexity index is 660. The van der Waals surface area contributed by atoms with Gasteiger partial charge in [-0.1, -0.05) is 18.2 Å². The predicted octanol–water partition coefficient (Wildman–Crippen LogP) is 2.22. The summed E-state index contributed by atoms with van der Waals surface area (Å²) < 4.78 is 5.95. The van der Waals surface area contributed by atoms with E-state index >= 15 is 0 Å². The van der Waals surface area contributed by atoms with Crippen LogP contribution >= 0.6 is 0 Å². The number of hydrogen-bond acceptors (Lipinski definition) is 4. The predicted molar refractivity (Wildman–Crippen MR) is 88.1 cm³/mol. The number of nitrogens with two attached hydrogens (primary N) is 1. The van der Waals surface area contributed by atoms with Crippen LogP contribution in [-0.4, -0.2) is 35.0 Å². The lowest BCUT2D eigenvalue weighted by Gasteiger charge is -2.32. The molecule has 0 bridgehead atoms. The molecule has 1 unspecified atom stereocenters. The van der Waals surface area contributed by atoms with E-state index in [4.69, 9.17) is 10.5 Å². The fraction of sp³-hybridized carbons (Fsp3) is 0.333. The van der Waals surface area contributed by atoms with Crippen molar-refractivity contribution < 1.29 is 9.53 Å². The summed E-state index contributed by atoms with van der Waals surface area (Å²) in [7, 11) is 0. The van der Waals surface area contributed by atoms with Gasteiger partial charge < -0.3 is 15.4 Å². The molecule has 0 saturated carbocycles. The maximum absolute atomic E-state index is 12.5. The minimum atomic E-state index is -0.0306. The quantitative estimate of drug-likeness (QED) is 0.940. The van der Waals surface area contributed by atoms with Crippen molar-refractivity contribution in [1.29, 1.82) is 0 Å². The zero-order valence-corrected chi connectivity index (χ0v) is 13.0. The van der Waals surface area contributed by atoms with Crippen molar-refractivity contribution in [2.45, 2.75) is 25.5 Å². The molecular weight excluding hydrogens is 290 g/mol. The molecule has 0 spiro atoms. The first-order chi connectivity index (χ1) is 11.3. The number of likely N-dealkylation sites (tertiary alicyclic amines) is 1. The standard InChI is InChI=1S/C18H21N3O2/c19-12-14-8-9-20-17(11-14)23-16-7-4-10-21(13-16)18(22)15-5-2-1-3-6-15/h1-3,5-6,8-9,11,16H,4,7,10,12-13,19H2. The van der Waals surface area contributed by atoms with Crippen LogP contribution in [0.5, 0.6) is 5.88 Å². The molecule has 0 radical (unpaired) electrons. The Kier molecular flexibility index (Phi) is 4.88. The molecule has 1 amide bonds. The number of nitrogens with zero attached hydrogens (tertiary/aromatic N) is 2. The summed E-state index contributed by atoms with van der Waals surface area (Å²) >= 11 is 0. The van der Waals surface area contributed by atoms with E-state index < -0.39 is 0 Å². The van der Waals surface area contributed by atoms with Gasteiger partial charge in [0.25, 0.3) is 5.91 Å². The number of aromatic nitrogens is 1. The van der Waals surface area contributed by atoms with Crippen molar-refractivity contribution in [3.05, 3.63) is 59.8 Å². The van der Waals surface area contributed by atoms with Crippen LogP contribution in [0.25, 0.3) is 0 Å². The molecule has 5 nitrogen and oxygen atoms in total. The highest BCUT2D eigenvalue weighted by Gasteiger charge is 2.25. The molecule has 2 heterocycles. The molecule has 3 rings (SSSR count). The van der Waals surface area contributed by atoms with Crippen LogP contribution in [0.1, 0.15) is 28.8 Å². The van der Waals surface area contributed by atoms with E-state index in [9.17, 15) is 4.79 Å². The van der Waals surface area contributed by atoms with Gasteiger partial charge in [0.2, 0.25) is 5.88 Å². The lowest BCUT2D eigenvalue weighted by Crippen LogP contribution is -2.44. The third kappa shape index (κ3) is 3.87. The monoisotopic (exact) mass is 311 g/mol. The SMILES string of the molecule is NCc1ccnc(OC2CCCN(C(=O)c3ccccc3)C2)c1. The van der Waals surface area contributed by atoms with Gasteiger partial charge in [0.1, 0.15) is 6.10 Å². The van der Waals surface area contributed by atoms with Gasteiger partial charge in [-0.15, -0.1) is 0 Å². The first kappa shape index (κ1) is 15.5. The van der Waals surface area contributed by atoms with Crippen molar-refractivity contribution in [3.63, 3.8) is 0 Å². The minimum absolute atomic E-state index is 0.0306. The Morgan fingerprint density at radius 2 is 2.13 bits per heavy atom. The van der Waals surface area contributed by atoms with Gasteiger partial charge in [-0.3, -0.25) is 4.79 Å². The number of carbonyl (C=O) groups excluding carboxylic acids is 1. The van der Waals surface area contributed by atoms with E-state index in [1.165, 1.54) is 0 Å². The zero-order chi connectivity index (χ0) is 16.1. The van der Waals surface area contributed by atoms with Crippen LogP contribution in [0.15, 0.2) is 48.7 Å². The summed E-state index contributed by atoms with van der Waals surface area (Å²) in [6.45, 7) is 1.81.